The third kappa shape index (κ3) is 5.24. The Morgan fingerprint density at radius 2 is 1.58 bits per heavy atom. The molecule has 1 saturated heterocycles. The molecule has 0 aliphatic carbocycles. The van der Waals surface area contributed by atoms with E-state index in [0.717, 1.165) is 5.69 Å². The number of methoxy groups -OCH3 is 1. The maximum atomic E-state index is 12.7. The van der Waals surface area contributed by atoms with Gasteiger partial charge in [-0.15, -0.1) is 0 Å². The highest BCUT2D eigenvalue weighted by Gasteiger charge is 2.23. The lowest BCUT2D eigenvalue weighted by atomic mass is 10.1. The largest absolute Gasteiger partial charge is 0.495 e. The number of anilines is 2. The van der Waals surface area contributed by atoms with Crippen LogP contribution in [0.25, 0.3) is 0 Å². The number of nitrogens with zero attached hydrogens (tertiary/aromatic N) is 2. The minimum absolute atomic E-state index is 0.0399. The van der Waals surface area contributed by atoms with Crippen molar-refractivity contribution in [1.82, 2.24) is 4.90 Å². The van der Waals surface area contributed by atoms with Crippen LogP contribution in [0.15, 0.2) is 66.7 Å². The highest BCUT2D eigenvalue weighted by atomic mass is 35.5. The van der Waals surface area contributed by atoms with Crippen molar-refractivity contribution in [2.75, 3.05) is 43.5 Å². The summed E-state index contributed by atoms with van der Waals surface area (Å²) in [5.74, 6) is 0.251. The Labute approximate surface area is 202 Å². The summed E-state index contributed by atoms with van der Waals surface area (Å²) < 4.78 is 5.12. The summed E-state index contributed by atoms with van der Waals surface area (Å²) in [5, 5.41) is 3.73. The van der Waals surface area contributed by atoms with Crippen molar-refractivity contribution in [3.05, 3.63) is 87.9 Å². The summed E-state index contributed by atoms with van der Waals surface area (Å²) in [4.78, 5) is 29.2. The number of benzene rings is 3. The fourth-order valence-electron chi connectivity index (χ4n) is 3.77. The van der Waals surface area contributed by atoms with Crippen molar-refractivity contribution >= 4 is 46.4 Å². The van der Waals surface area contributed by atoms with E-state index in [1.807, 2.05) is 47.4 Å². The number of carbonyl (C=O) groups is 2. The second-order valence-electron chi connectivity index (χ2n) is 7.61. The van der Waals surface area contributed by atoms with E-state index in [2.05, 4.69) is 10.2 Å². The third-order valence-corrected chi connectivity index (χ3v) is 6.15. The van der Waals surface area contributed by atoms with Crippen LogP contribution in [0.2, 0.25) is 10.0 Å². The lowest BCUT2D eigenvalue weighted by molar-refractivity contribution is 0.0746. The second kappa shape index (κ2) is 10.1. The van der Waals surface area contributed by atoms with Crippen LogP contribution in [0.5, 0.6) is 5.75 Å². The number of amides is 2. The SMILES string of the molecule is COc1ccc(C(=O)Nc2ccc(N3CCN(C(=O)c4ccccc4)CC3)c(Cl)c2)cc1Cl. The second-order valence-corrected chi connectivity index (χ2v) is 8.43. The molecule has 1 fully saturated rings. The third-order valence-electron chi connectivity index (χ3n) is 5.55. The molecule has 1 aliphatic rings. The number of carbonyl (C=O) groups excluding carboxylic acids is 2. The van der Waals surface area contributed by atoms with Gasteiger partial charge in [-0.1, -0.05) is 41.4 Å². The Morgan fingerprint density at radius 3 is 2.21 bits per heavy atom. The topological polar surface area (TPSA) is 61.9 Å². The molecule has 3 aromatic rings. The summed E-state index contributed by atoms with van der Waals surface area (Å²) in [7, 11) is 1.52. The van der Waals surface area contributed by atoms with Gasteiger partial charge in [0.2, 0.25) is 0 Å². The molecule has 1 N–H and O–H groups in total. The molecule has 0 saturated carbocycles. The number of piperazine rings is 1. The number of ether oxygens (including phenoxy) is 1. The first-order chi connectivity index (χ1) is 16.0. The van der Waals surface area contributed by atoms with Crippen molar-refractivity contribution < 1.29 is 14.3 Å². The summed E-state index contributed by atoms with van der Waals surface area (Å²) in [6.07, 6.45) is 0. The molecule has 3 aromatic carbocycles. The average Bonchev–Trinajstić information content (AvgIpc) is 2.84. The average molecular weight is 484 g/mol. The minimum atomic E-state index is -0.295. The zero-order valence-corrected chi connectivity index (χ0v) is 19.6. The Balaban J connectivity index is 1.38. The molecule has 0 spiro atoms. The first kappa shape index (κ1) is 23.0. The number of halogens is 2. The number of hydrogen-bond acceptors (Lipinski definition) is 4. The zero-order valence-electron chi connectivity index (χ0n) is 18.1. The molecule has 4 rings (SSSR count). The van der Waals surface area contributed by atoms with Crippen molar-refractivity contribution in [1.29, 1.82) is 0 Å². The molecule has 170 valence electrons. The first-order valence-electron chi connectivity index (χ1n) is 10.5. The first-order valence-corrected chi connectivity index (χ1v) is 11.3. The van der Waals surface area contributed by atoms with E-state index < -0.39 is 0 Å². The number of rotatable bonds is 5. The number of hydrogen-bond donors (Lipinski definition) is 1. The van der Waals surface area contributed by atoms with Crippen molar-refractivity contribution in [2.45, 2.75) is 0 Å². The standard InChI is InChI=1S/C25H23Cl2N3O3/c1-33-23-10-7-18(15-21(23)27)24(31)28-19-8-9-22(20(26)16-19)29-11-13-30(14-12-29)25(32)17-5-3-2-4-6-17/h2-10,15-16H,11-14H2,1H3,(H,28,31). The zero-order chi connectivity index (χ0) is 23.4. The minimum Gasteiger partial charge on any atom is -0.495 e. The van der Waals surface area contributed by atoms with E-state index in [4.69, 9.17) is 27.9 Å². The van der Waals surface area contributed by atoms with Crippen molar-refractivity contribution in [3.63, 3.8) is 0 Å². The van der Waals surface area contributed by atoms with Crippen molar-refractivity contribution in [2.24, 2.45) is 0 Å². The summed E-state index contributed by atoms with van der Waals surface area (Å²) in [5.41, 5.74) is 2.56. The maximum absolute atomic E-state index is 12.7. The summed E-state index contributed by atoms with van der Waals surface area (Å²) >= 11 is 12.7. The summed E-state index contributed by atoms with van der Waals surface area (Å²) in [6, 6.07) is 19.6. The van der Waals surface area contributed by atoms with Crippen LogP contribution >= 0.6 is 23.2 Å². The molecule has 8 heteroatoms. The molecule has 0 aromatic heterocycles. The fraction of sp³-hybridized carbons (Fsp3) is 0.200. The lowest BCUT2D eigenvalue weighted by Gasteiger charge is -2.36. The van der Waals surface area contributed by atoms with Crippen LogP contribution in [-0.4, -0.2) is 50.0 Å². The van der Waals surface area contributed by atoms with Gasteiger partial charge in [-0.2, -0.15) is 0 Å². The van der Waals surface area contributed by atoms with Gasteiger partial charge in [0.25, 0.3) is 11.8 Å². The van der Waals surface area contributed by atoms with Gasteiger partial charge in [0, 0.05) is 43.0 Å². The van der Waals surface area contributed by atoms with Crippen molar-refractivity contribution in [3.8, 4) is 5.75 Å². The van der Waals surface area contributed by atoms with Gasteiger partial charge in [0.05, 0.1) is 22.8 Å². The summed E-state index contributed by atoms with van der Waals surface area (Å²) in [6.45, 7) is 2.57. The Morgan fingerprint density at radius 1 is 0.848 bits per heavy atom. The predicted octanol–water partition coefficient (Wildman–Crippen LogP) is 5.22. The Hall–Kier alpha value is -3.22. The van der Waals surface area contributed by atoms with E-state index in [1.54, 1.807) is 24.3 Å². The molecular formula is C25H23Cl2N3O3. The molecule has 1 heterocycles. The van der Waals surface area contributed by atoms with Crippen LogP contribution in [-0.2, 0) is 0 Å². The van der Waals surface area contributed by atoms with E-state index >= 15 is 0 Å². The highest BCUT2D eigenvalue weighted by Crippen LogP contribution is 2.30. The van der Waals surface area contributed by atoms with Gasteiger partial charge < -0.3 is 19.9 Å². The van der Waals surface area contributed by atoms with Crippen LogP contribution in [0.3, 0.4) is 0 Å². The van der Waals surface area contributed by atoms with Gasteiger partial charge in [-0.25, -0.2) is 0 Å². The van der Waals surface area contributed by atoms with Gasteiger partial charge in [0.15, 0.2) is 0 Å². The van der Waals surface area contributed by atoms with E-state index in [-0.39, 0.29) is 11.8 Å². The molecule has 0 unspecified atom stereocenters. The van der Waals surface area contributed by atoms with Gasteiger partial charge in [0.1, 0.15) is 5.75 Å². The molecule has 0 radical (unpaired) electrons. The van der Waals surface area contributed by atoms with E-state index in [9.17, 15) is 9.59 Å². The molecule has 2 amide bonds. The van der Waals surface area contributed by atoms with E-state index in [1.165, 1.54) is 7.11 Å². The van der Waals surface area contributed by atoms with Crippen LogP contribution in [0, 0.1) is 0 Å². The molecule has 0 atom stereocenters. The van der Waals surface area contributed by atoms with Gasteiger partial charge >= 0.3 is 0 Å². The maximum Gasteiger partial charge on any atom is 0.255 e. The Bertz CT molecular complexity index is 1160. The highest BCUT2D eigenvalue weighted by molar-refractivity contribution is 6.34. The smallest absolute Gasteiger partial charge is 0.255 e. The molecule has 1 aliphatic heterocycles. The molecule has 6 nitrogen and oxygen atoms in total. The van der Waals surface area contributed by atoms with Crippen LogP contribution < -0.4 is 15.0 Å². The molecular weight excluding hydrogens is 461 g/mol. The monoisotopic (exact) mass is 483 g/mol. The lowest BCUT2D eigenvalue weighted by Crippen LogP contribution is -2.48. The van der Waals surface area contributed by atoms with E-state index in [0.29, 0.717) is 58.8 Å². The quantitative estimate of drug-likeness (QED) is 0.540. The van der Waals surface area contributed by atoms with Crippen LogP contribution in [0.1, 0.15) is 20.7 Å². The fourth-order valence-corrected chi connectivity index (χ4v) is 4.32. The van der Waals surface area contributed by atoms with Gasteiger partial charge in [-0.3, -0.25) is 9.59 Å². The molecule has 0 bridgehead atoms. The predicted molar refractivity (Wildman–Crippen MR) is 132 cm³/mol. The van der Waals surface area contributed by atoms with Crippen LogP contribution in [0.4, 0.5) is 11.4 Å². The molecule has 33 heavy (non-hydrogen) atoms. The number of nitrogens with one attached hydrogen (secondary N) is 1. The van der Waals surface area contributed by atoms with Gasteiger partial charge in [-0.05, 0) is 48.5 Å². The Kier molecular flexibility index (Phi) is 7.06. The normalized spacial score (nSPS) is 13.5.